The molecule has 0 fully saturated rings. The van der Waals surface area contributed by atoms with Crippen molar-refractivity contribution in [1.29, 1.82) is 0 Å². The van der Waals surface area contributed by atoms with Crippen LogP contribution in [0.1, 0.15) is 67.2 Å². The number of ether oxygens (including phenoxy) is 2. The van der Waals surface area contributed by atoms with Gasteiger partial charge in [0.05, 0.1) is 13.0 Å². The van der Waals surface area contributed by atoms with Crippen LogP contribution in [0, 0.1) is 6.92 Å². The number of fused-ring (bicyclic) bond motifs is 1. The molecule has 1 atom stereocenters. The van der Waals surface area contributed by atoms with Gasteiger partial charge in [-0.3, -0.25) is 4.79 Å². The second-order valence-corrected chi connectivity index (χ2v) is 9.23. The molecule has 1 unspecified atom stereocenters. The van der Waals surface area contributed by atoms with Crippen LogP contribution in [0.15, 0.2) is 60.7 Å². The summed E-state index contributed by atoms with van der Waals surface area (Å²) >= 11 is 0. The van der Waals surface area contributed by atoms with E-state index < -0.39 is 5.97 Å². The predicted molar refractivity (Wildman–Crippen MR) is 136 cm³/mol. The number of aliphatic carboxylic acids is 1. The smallest absolute Gasteiger partial charge is 0.303 e. The van der Waals surface area contributed by atoms with Crippen LogP contribution in [0.2, 0.25) is 0 Å². The Kier molecular flexibility index (Phi) is 7.89. The van der Waals surface area contributed by atoms with Crippen LogP contribution < -0.4 is 9.47 Å². The molecule has 1 aliphatic rings. The fourth-order valence-corrected chi connectivity index (χ4v) is 4.66. The molecule has 0 bridgehead atoms. The minimum absolute atomic E-state index is 0.0761. The van der Waals surface area contributed by atoms with Crippen molar-refractivity contribution < 1.29 is 19.4 Å². The van der Waals surface area contributed by atoms with Gasteiger partial charge in [-0.05, 0) is 85.0 Å². The largest absolute Gasteiger partial charge is 0.493 e. The van der Waals surface area contributed by atoms with E-state index in [9.17, 15) is 9.90 Å². The molecule has 4 nitrogen and oxygen atoms in total. The maximum absolute atomic E-state index is 11.3. The van der Waals surface area contributed by atoms with Crippen molar-refractivity contribution in [3.63, 3.8) is 0 Å². The molecule has 178 valence electrons. The van der Waals surface area contributed by atoms with Crippen molar-refractivity contribution in [2.45, 2.75) is 64.9 Å². The van der Waals surface area contributed by atoms with Gasteiger partial charge in [-0.1, -0.05) is 55.3 Å². The fraction of sp³-hybridized carbons (Fsp3) is 0.367. The van der Waals surface area contributed by atoms with Gasteiger partial charge in [0.25, 0.3) is 0 Å². The summed E-state index contributed by atoms with van der Waals surface area (Å²) in [5.41, 5.74) is 6.93. The van der Waals surface area contributed by atoms with Gasteiger partial charge in [0, 0.05) is 5.56 Å². The highest BCUT2D eigenvalue weighted by Gasteiger charge is 2.23. The highest BCUT2D eigenvalue weighted by molar-refractivity contribution is 5.71. The summed E-state index contributed by atoms with van der Waals surface area (Å²) in [6, 6.07) is 20.9. The first-order valence-electron chi connectivity index (χ1n) is 12.3. The van der Waals surface area contributed by atoms with E-state index in [1.54, 1.807) is 0 Å². The summed E-state index contributed by atoms with van der Waals surface area (Å²) < 4.78 is 12.1. The predicted octanol–water partition coefficient (Wildman–Crippen LogP) is 7.31. The van der Waals surface area contributed by atoms with E-state index in [0.29, 0.717) is 6.61 Å². The van der Waals surface area contributed by atoms with Gasteiger partial charge in [-0.25, -0.2) is 0 Å². The summed E-state index contributed by atoms with van der Waals surface area (Å²) in [5, 5.41) is 9.26. The Morgan fingerprint density at radius 2 is 1.85 bits per heavy atom. The van der Waals surface area contributed by atoms with Crippen molar-refractivity contribution >= 4 is 5.97 Å². The highest BCUT2D eigenvalue weighted by atomic mass is 16.5. The first-order valence-corrected chi connectivity index (χ1v) is 12.3. The summed E-state index contributed by atoms with van der Waals surface area (Å²) in [6.07, 6.45) is 5.32. The monoisotopic (exact) mass is 458 g/mol. The lowest BCUT2D eigenvalue weighted by atomic mass is 9.81. The third-order valence-corrected chi connectivity index (χ3v) is 6.54. The van der Waals surface area contributed by atoms with Gasteiger partial charge in [0.2, 0.25) is 0 Å². The molecule has 0 aliphatic heterocycles. The van der Waals surface area contributed by atoms with Crippen molar-refractivity contribution in [3.05, 3.63) is 82.9 Å². The molecule has 3 aromatic rings. The van der Waals surface area contributed by atoms with Crippen LogP contribution in [0.4, 0.5) is 0 Å². The molecule has 0 saturated heterocycles. The first-order chi connectivity index (χ1) is 16.5. The van der Waals surface area contributed by atoms with E-state index in [0.717, 1.165) is 72.5 Å². The first kappa shape index (κ1) is 23.9. The minimum atomic E-state index is -0.739. The Morgan fingerprint density at radius 3 is 2.62 bits per heavy atom. The molecule has 0 amide bonds. The van der Waals surface area contributed by atoms with E-state index in [1.165, 1.54) is 11.1 Å². The quantitative estimate of drug-likeness (QED) is 0.324. The summed E-state index contributed by atoms with van der Waals surface area (Å²) in [4.78, 5) is 11.3. The lowest BCUT2D eigenvalue weighted by Gasteiger charge is -2.25. The maximum Gasteiger partial charge on any atom is 0.303 e. The molecule has 0 radical (unpaired) electrons. The number of benzene rings is 3. The van der Waals surface area contributed by atoms with Crippen LogP contribution in [0.5, 0.6) is 11.5 Å². The second-order valence-electron chi connectivity index (χ2n) is 9.23. The number of hydrogen-bond acceptors (Lipinski definition) is 3. The second kappa shape index (κ2) is 11.2. The Hall–Kier alpha value is -3.27. The van der Waals surface area contributed by atoms with Crippen molar-refractivity contribution in [2.24, 2.45) is 0 Å². The molecular weight excluding hydrogens is 424 g/mol. The number of carbonyl (C=O) groups is 1. The average Bonchev–Trinajstić information content (AvgIpc) is 2.84. The number of carboxylic acids is 1. The summed E-state index contributed by atoms with van der Waals surface area (Å²) in [5.74, 6) is 1.06. The minimum Gasteiger partial charge on any atom is -0.493 e. The Balaban J connectivity index is 1.44. The molecule has 0 saturated carbocycles. The van der Waals surface area contributed by atoms with Crippen molar-refractivity contribution in [2.75, 3.05) is 6.61 Å². The van der Waals surface area contributed by atoms with E-state index in [-0.39, 0.29) is 12.3 Å². The molecule has 34 heavy (non-hydrogen) atoms. The zero-order chi connectivity index (χ0) is 23.9. The van der Waals surface area contributed by atoms with Gasteiger partial charge in [0.15, 0.2) is 0 Å². The average molecular weight is 459 g/mol. The Morgan fingerprint density at radius 1 is 1.03 bits per heavy atom. The molecule has 0 aromatic heterocycles. The Bertz CT molecular complexity index is 1120. The number of unbranched alkanes of at least 4 members (excludes halogenated alkanes) is 1. The van der Waals surface area contributed by atoms with Gasteiger partial charge in [-0.15, -0.1) is 0 Å². The fourth-order valence-electron chi connectivity index (χ4n) is 4.66. The van der Waals surface area contributed by atoms with Crippen LogP contribution in [-0.2, 0) is 17.8 Å². The van der Waals surface area contributed by atoms with E-state index in [4.69, 9.17) is 9.47 Å². The van der Waals surface area contributed by atoms with Crippen molar-refractivity contribution in [1.82, 2.24) is 0 Å². The number of hydrogen-bond donors (Lipinski definition) is 1. The van der Waals surface area contributed by atoms with E-state index in [2.05, 4.69) is 62.4 Å². The molecule has 0 spiro atoms. The van der Waals surface area contributed by atoms with Gasteiger partial charge >= 0.3 is 5.97 Å². The molecule has 3 aromatic carbocycles. The molecule has 1 N–H and O–H groups in total. The van der Waals surface area contributed by atoms with Crippen LogP contribution in [-0.4, -0.2) is 17.7 Å². The SMILES string of the molecule is CCCCOc1ccc(C)cc1-c1ccc(COc2ccc3c(c2)C(CC(=O)O)CCC3)cc1. The molecule has 1 aliphatic carbocycles. The highest BCUT2D eigenvalue weighted by Crippen LogP contribution is 2.36. The lowest BCUT2D eigenvalue weighted by molar-refractivity contribution is -0.137. The summed E-state index contributed by atoms with van der Waals surface area (Å²) in [6.45, 7) is 5.46. The molecule has 4 heteroatoms. The van der Waals surface area contributed by atoms with Crippen LogP contribution >= 0.6 is 0 Å². The third kappa shape index (κ3) is 5.99. The lowest BCUT2D eigenvalue weighted by Crippen LogP contribution is -2.13. The Labute approximate surface area is 202 Å². The van der Waals surface area contributed by atoms with Gasteiger partial charge < -0.3 is 14.6 Å². The van der Waals surface area contributed by atoms with Crippen LogP contribution in [0.3, 0.4) is 0 Å². The number of carboxylic acid groups (broad SMARTS) is 1. The standard InChI is InChI=1S/C30H34O4/c1-3-4-16-33-29-15-8-21(2)17-28(29)24-11-9-22(10-12-24)20-34-26-14-13-23-6-5-7-25(18-30(31)32)27(23)19-26/h8-15,17,19,25H,3-7,16,18,20H2,1-2H3,(H,31,32). The zero-order valence-corrected chi connectivity index (χ0v) is 20.2. The normalized spacial score (nSPS) is 14.9. The van der Waals surface area contributed by atoms with Crippen molar-refractivity contribution in [3.8, 4) is 22.6 Å². The maximum atomic E-state index is 11.3. The zero-order valence-electron chi connectivity index (χ0n) is 20.2. The van der Waals surface area contributed by atoms with Crippen LogP contribution in [0.25, 0.3) is 11.1 Å². The third-order valence-electron chi connectivity index (χ3n) is 6.54. The number of rotatable bonds is 10. The molecular formula is C30H34O4. The van der Waals surface area contributed by atoms with Gasteiger partial charge in [-0.2, -0.15) is 0 Å². The molecule has 0 heterocycles. The topological polar surface area (TPSA) is 55.8 Å². The molecule has 4 rings (SSSR count). The number of aryl methyl sites for hydroxylation is 2. The summed E-state index contributed by atoms with van der Waals surface area (Å²) in [7, 11) is 0. The van der Waals surface area contributed by atoms with Gasteiger partial charge in [0.1, 0.15) is 18.1 Å². The van der Waals surface area contributed by atoms with E-state index >= 15 is 0 Å². The van der Waals surface area contributed by atoms with E-state index in [1.807, 2.05) is 12.1 Å².